The predicted molar refractivity (Wildman–Crippen MR) is 123 cm³/mol. The molecule has 0 atom stereocenters. The molecular formula is C23H23N5O2S. The monoisotopic (exact) mass is 433 g/mol. The predicted octanol–water partition coefficient (Wildman–Crippen LogP) is 3.50. The summed E-state index contributed by atoms with van der Waals surface area (Å²) >= 11 is 1.47. The molecule has 2 aromatic heterocycles. The fourth-order valence-corrected chi connectivity index (χ4v) is 4.06. The minimum absolute atomic E-state index is 0.0870. The van der Waals surface area contributed by atoms with Crippen LogP contribution in [-0.2, 0) is 24.3 Å². The van der Waals surface area contributed by atoms with Crippen LogP contribution in [0.5, 0.6) is 0 Å². The minimum Gasteiger partial charge on any atom is -0.326 e. The smallest absolute Gasteiger partial charge is 0.258 e. The maximum Gasteiger partial charge on any atom is 0.258 e. The molecule has 0 aliphatic heterocycles. The standard InChI is InChI=1S/C23H23N5O2S/c1-15-7-9-16(10-8-15)24-21(29)11-22-25-17(14-31-22)12-28(2)13-20-26-19-6-4-3-5-18(19)23(30)27-20/h3-10,14H,11-13H2,1-2H3,(H,24,29)(H,26,27,30). The number of para-hydroxylation sites is 1. The van der Waals surface area contributed by atoms with E-state index in [0.717, 1.165) is 22.0 Å². The summed E-state index contributed by atoms with van der Waals surface area (Å²) in [6.07, 6.45) is 0.238. The van der Waals surface area contributed by atoms with Crippen molar-refractivity contribution in [1.29, 1.82) is 0 Å². The zero-order valence-electron chi connectivity index (χ0n) is 17.4. The number of benzene rings is 2. The van der Waals surface area contributed by atoms with Gasteiger partial charge < -0.3 is 10.3 Å². The van der Waals surface area contributed by atoms with Crippen LogP contribution in [0.15, 0.2) is 58.7 Å². The van der Waals surface area contributed by atoms with E-state index >= 15 is 0 Å². The second kappa shape index (κ2) is 9.20. The fraction of sp³-hybridized carbons (Fsp3) is 0.217. The molecule has 158 valence electrons. The van der Waals surface area contributed by atoms with E-state index in [1.165, 1.54) is 11.3 Å². The molecule has 2 N–H and O–H groups in total. The Morgan fingerprint density at radius 3 is 2.68 bits per heavy atom. The highest BCUT2D eigenvalue weighted by molar-refractivity contribution is 7.09. The van der Waals surface area contributed by atoms with E-state index in [-0.39, 0.29) is 17.9 Å². The quantitative estimate of drug-likeness (QED) is 0.466. The molecular weight excluding hydrogens is 410 g/mol. The Hall–Kier alpha value is -3.36. The lowest BCUT2D eigenvalue weighted by molar-refractivity contribution is -0.115. The van der Waals surface area contributed by atoms with Crippen molar-refractivity contribution >= 4 is 33.8 Å². The van der Waals surface area contributed by atoms with Gasteiger partial charge in [-0.05, 0) is 38.2 Å². The molecule has 0 saturated heterocycles. The number of anilines is 1. The number of H-pyrrole nitrogens is 1. The van der Waals surface area contributed by atoms with E-state index in [9.17, 15) is 9.59 Å². The van der Waals surface area contributed by atoms with Gasteiger partial charge in [-0.3, -0.25) is 14.5 Å². The summed E-state index contributed by atoms with van der Waals surface area (Å²) in [6, 6.07) is 15.0. The molecule has 2 heterocycles. The molecule has 0 aliphatic carbocycles. The third-order valence-electron chi connectivity index (χ3n) is 4.76. The van der Waals surface area contributed by atoms with Crippen LogP contribution in [0.4, 0.5) is 5.69 Å². The number of aryl methyl sites for hydroxylation is 1. The van der Waals surface area contributed by atoms with E-state index in [2.05, 4.69) is 20.3 Å². The van der Waals surface area contributed by atoms with E-state index < -0.39 is 0 Å². The summed E-state index contributed by atoms with van der Waals surface area (Å²) in [5.74, 6) is 0.523. The van der Waals surface area contributed by atoms with E-state index in [4.69, 9.17) is 0 Å². The fourth-order valence-electron chi connectivity index (χ4n) is 3.28. The molecule has 4 rings (SSSR count). The number of fused-ring (bicyclic) bond motifs is 1. The Balaban J connectivity index is 1.34. The summed E-state index contributed by atoms with van der Waals surface area (Å²) in [6.45, 7) is 3.08. The van der Waals surface area contributed by atoms with Gasteiger partial charge in [0.1, 0.15) is 10.8 Å². The minimum atomic E-state index is -0.135. The highest BCUT2D eigenvalue weighted by atomic mass is 32.1. The van der Waals surface area contributed by atoms with Crippen molar-refractivity contribution in [2.75, 3.05) is 12.4 Å². The van der Waals surface area contributed by atoms with Gasteiger partial charge >= 0.3 is 0 Å². The van der Waals surface area contributed by atoms with Crippen LogP contribution in [0.3, 0.4) is 0 Å². The lowest BCUT2D eigenvalue weighted by Crippen LogP contribution is -2.22. The van der Waals surface area contributed by atoms with Crippen LogP contribution in [0.1, 0.15) is 22.1 Å². The number of hydrogen-bond acceptors (Lipinski definition) is 6. The van der Waals surface area contributed by atoms with Gasteiger partial charge in [-0.1, -0.05) is 29.8 Å². The van der Waals surface area contributed by atoms with Gasteiger partial charge in [0.15, 0.2) is 0 Å². The van der Waals surface area contributed by atoms with Gasteiger partial charge in [-0.25, -0.2) is 9.97 Å². The molecule has 0 aliphatic rings. The molecule has 31 heavy (non-hydrogen) atoms. The zero-order chi connectivity index (χ0) is 21.8. The highest BCUT2D eigenvalue weighted by Gasteiger charge is 2.11. The number of amides is 1. The van der Waals surface area contributed by atoms with Crippen molar-refractivity contribution in [3.8, 4) is 0 Å². The second-order valence-corrected chi connectivity index (χ2v) is 8.47. The zero-order valence-corrected chi connectivity index (χ0v) is 18.2. The number of carbonyl (C=O) groups is 1. The topological polar surface area (TPSA) is 91.0 Å². The first-order valence-electron chi connectivity index (χ1n) is 9.92. The summed E-state index contributed by atoms with van der Waals surface area (Å²) in [5, 5.41) is 6.21. The van der Waals surface area contributed by atoms with Crippen LogP contribution >= 0.6 is 11.3 Å². The van der Waals surface area contributed by atoms with Crippen LogP contribution < -0.4 is 10.9 Å². The Morgan fingerprint density at radius 2 is 1.87 bits per heavy atom. The van der Waals surface area contributed by atoms with Crippen LogP contribution in [0.2, 0.25) is 0 Å². The summed E-state index contributed by atoms with van der Waals surface area (Å²) in [4.78, 5) is 38.5. The molecule has 0 fully saturated rings. The van der Waals surface area contributed by atoms with Crippen molar-refractivity contribution < 1.29 is 4.79 Å². The Labute approximate surface area is 183 Å². The van der Waals surface area contributed by atoms with Crippen molar-refractivity contribution in [3.05, 3.63) is 86.4 Å². The average Bonchev–Trinajstić information content (AvgIpc) is 3.16. The second-order valence-electron chi connectivity index (χ2n) is 7.53. The molecule has 0 radical (unpaired) electrons. The number of nitrogens with one attached hydrogen (secondary N) is 2. The lowest BCUT2D eigenvalue weighted by atomic mass is 10.2. The Bertz CT molecular complexity index is 1260. The van der Waals surface area contributed by atoms with E-state index in [1.807, 2.05) is 66.7 Å². The van der Waals surface area contributed by atoms with Crippen molar-refractivity contribution in [2.45, 2.75) is 26.4 Å². The number of nitrogens with zero attached hydrogens (tertiary/aromatic N) is 3. The van der Waals surface area contributed by atoms with Crippen molar-refractivity contribution in [3.63, 3.8) is 0 Å². The van der Waals surface area contributed by atoms with Gasteiger partial charge in [-0.2, -0.15) is 0 Å². The van der Waals surface area contributed by atoms with E-state index in [0.29, 0.717) is 29.8 Å². The summed E-state index contributed by atoms with van der Waals surface area (Å²) in [7, 11) is 1.94. The average molecular weight is 434 g/mol. The maximum absolute atomic E-state index is 12.3. The Kier molecular flexibility index (Phi) is 6.20. The van der Waals surface area contributed by atoms with Gasteiger partial charge in [0.05, 0.1) is 29.6 Å². The van der Waals surface area contributed by atoms with Gasteiger partial charge in [-0.15, -0.1) is 11.3 Å². The normalized spacial score (nSPS) is 11.2. The van der Waals surface area contributed by atoms with Crippen molar-refractivity contribution in [2.24, 2.45) is 0 Å². The number of aromatic amines is 1. The molecule has 0 spiro atoms. The number of rotatable bonds is 7. The van der Waals surface area contributed by atoms with E-state index in [1.54, 1.807) is 6.07 Å². The third-order valence-corrected chi connectivity index (χ3v) is 5.66. The van der Waals surface area contributed by atoms with Gasteiger partial charge in [0.2, 0.25) is 5.91 Å². The number of hydrogen-bond donors (Lipinski definition) is 2. The number of aromatic nitrogens is 3. The summed E-state index contributed by atoms with van der Waals surface area (Å²) in [5.41, 5.74) is 3.36. The molecule has 1 amide bonds. The number of thiazole rings is 1. The Morgan fingerprint density at radius 1 is 1.10 bits per heavy atom. The molecule has 0 unspecified atom stereocenters. The van der Waals surface area contributed by atoms with Crippen LogP contribution in [0, 0.1) is 6.92 Å². The van der Waals surface area contributed by atoms with Gasteiger partial charge in [0, 0.05) is 17.6 Å². The first kappa shape index (κ1) is 20.9. The first-order chi connectivity index (χ1) is 15.0. The molecule has 7 nitrogen and oxygen atoms in total. The van der Waals surface area contributed by atoms with Crippen molar-refractivity contribution in [1.82, 2.24) is 19.9 Å². The number of carbonyl (C=O) groups excluding carboxylic acids is 1. The van der Waals surface area contributed by atoms with Gasteiger partial charge in [0.25, 0.3) is 5.56 Å². The lowest BCUT2D eigenvalue weighted by Gasteiger charge is -2.14. The third kappa shape index (κ3) is 5.42. The summed E-state index contributed by atoms with van der Waals surface area (Å²) < 4.78 is 0. The molecule has 0 saturated carbocycles. The molecule has 2 aromatic carbocycles. The van der Waals surface area contributed by atoms with Crippen LogP contribution in [-0.4, -0.2) is 32.8 Å². The molecule has 4 aromatic rings. The SMILES string of the molecule is Cc1ccc(NC(=O)Cc2nc(CN(C)Cc3nc4ccccc4c(=O)[nH]3)cs2)cc1. The molecule has 8 heteroatoms. The maximum atomic E-state index is 12.3. The molecule has 0 bridgehead atoms. The first-order valence-corrected chi connectivity index (χ1v) is 10.8. The highest BCUT2D eigenvalue weighted by Crippen LogP contribution is 2.15. The largest absolute Gasteiger partial charge is 0.326 e. The van der Waals surface area contributed by atoms with Crippen LogP contribution in [0.25, 0.3) is 10.9 Å².